The number of carbonyl (C=O) groups is 2. The highest BCUT2D eigenvalue weighted by molar-refractivity contribution is 7.98. The first-order chi connectivity index (χ1) is 9.11. The Hall–Kier alpha value is -1.75. The van der Waals surface area contributed by atoms with E-state index in [4.69, 9.17) is 5.11 Å². The monoisotopic (exact) mass is 279 g/mol. The quantitative estimate of drug-likeness (QED) is 0.751. The van der Waals surface area contributed by atoms with Crippen LogP contribution >= 0.6 is 11.8 Å². The van der Waals surface area contributed by atoms with Crippen molar-refractivity contribution in [1.82, 2.24) is 5.32 Å². The second-order valence-corrected chi connectivity index (χ2v) is 4.92. The van der Waals surface area contributed by atoms with Crippen molar-refractivity contribution in [2.75, 3.05) is 12.0 Å². The minimum absolute atomic E-state index is 0.0456. The normalized spacial score (nSPS) is 10.6. The van der Waals surface area contributed by atoms with Gasteiger partial charge in [0.1, 0.15) is 0 Å². The maximum absolute atomic E-state index is 11.4. The summed E-state index contributed by atoms with van der Waals surface area (Å²) in [5.41, 5.74) is 1.81. The minimum atomic E-state index is -0.967. The highest BCUT2D eigenvalue weighted by atomic mass is 32.2. The largest absolute Gasteiger partial charge is 0.478 e. The molecule has 0 saturated carbocycles. The molecule has 4 nitrogen and oxygen atoms in total. The lowest BCUT2D eigenvalue weighted by Crippen LogP contribution is -2.22. The van der Waals surface area contributed by atoms with Gasteiger partial charge in [-0.25, -0.2) is 4.79 Å². The predicted molar refractivity (Wildman–Crippen MR) is 78.0 cm³/mol. The Morgan fingerprint density at radius 3 is 2.58 bits per heavy atom. The molecule has 1 aromatic carbocycles. The Morgan fingerprint density at radius 1 is 1.32 bits per heavy atom. The van der Waals surface area contributed by atoms with Gasteiger partial charge < -0.3 is 10.4 Å². The summed E-state index contributed by atoms with van der Waals surface area (Å²) in [7, 11) is 0. The Morgan fingerprint density at radius 2 is 2.00 bits per heavy atom. The maximum atomic E-state index is 11.4. The lowest BCUT2D eigenvalue weighted by molar-refractivity contribution is -0.131. The first kappa shape index (κ1) is 15.3. The lowest BCUT2D eigenvalue weighted by Gasteiger charge is -2.05. The average Bonchev–Trinajstić information content (AvgIpc) is 2.41. The summed E-state index contributed by atoms with van der Waals surface area (Å²) in [6.07, 6.45) is 5.12. The summed E-state index contributed by atoms with van der Waals surface area (Å²) in [5.74, 6) is -0.0978. The fourth-order valence-electron chi connectivity index (χ4n) is 1.40. The molecule has 0 heterocycles. The topological polar surface area (TPSA) is 66.4 Å². The number of carbonyl (C=O) groups excluding carboxylic acids is 1. The summed E-state index contributed by atoms with van der Waals surface area (Å²) >= 11 is 1.64. The second kappa shape index (κ2) is 8.37. The van der Waals surface area contributed by atoms with Crippen molar-refractivity contribution in [3.05, 3.63) is 41.5 Å². The van der Waals surface area contributed by atoms with Crippen LogP contribution in [0.2, 0.25) is 0 Å². The van der Waals surface area contributed by atoms with Gasteiger partial charge in [0.05, 0.1) is 0 Å². The average molecular weight is 279 g/mol. The molecule has 0 aliphatic rings. The van der Waals surface area contributed by atoms with Crippen LogP contribution in [0.15, 0.2) is 30.3 Å². The molecule has 0 spiro atoms. The molecule has 102 valence electrons. The first-order valence-electron chi connectivity index (χ1n) is 5.87. The third kappa shape index (κ3) is 6.67. The van der Waals surface area contributed by atoms with Crippen molar-refractivity contribution < 1.29 is 14.7 Å². The van der Waals surface area contributed by atoms with Gasteiger partial charge in [0.25, 0.3) is 0 Å². The van der Waals surface area contributed by atoms with Crippen LogP contribution in [0.3, 0.4) is 0 Å². The zero-order chi connectivity index (χ0) is 14.1. The van der Waals surface area contributed by atoms with Crippen LogP contribution in [0.5, 0.6) is 0 Å². The highest BCUT2D eigenvalue weighted by Crippen LogP contribution is 2.06. The van der Waals surface area contributed by atoms with Gasteiger partial charge in [0.15, 0.2) is 0 Å². The third-order valence-electron chi connectivity index (χ3n) is 2.42. The van der Waals surface area contributed by atoms with Crippen molar-refractivity contribution >= 4 is 29.7 Å². The number of benzene rings is 1. The second-order valence-electron chi connectivity index (χ2n) is 3.93. The lowest BCUT2D eigenvalue weighted by atomic mass is 10.1. The number of rotatable bonds is 7. The van der Waals surface area contributed by atoms with E-state index in [0.29, 0.717) is 13.0 Å². The Labute approximate surface area is 116 Å². The number of thioether (sulfide) groups is 1. The van der Waals surface area contributed by atoms with E-state index in [2.05, 4.69) is 5.32 Å². The van der Waals surface area contributed by atoms with E-state index >= 15 is 0 Å². The molecule has 0 unspecified atom stereocenters. The molecular weight excluding hydrogens is 262 g/mol. The van der Waals surface area contributed by atoms with Gasteiger partial charge in [-0.05, 0) is 23.5 Å². The van der Waals surface area contributed by atoms with E-state index in [1.165, 1.54) is 6.08 Å². The maximum Gasteiger partial charge on any atom is 0.328 e. The van der Waals surface area contributed by atoms with Crippen LogP contribution in [-0.2, 0) is 16.1 Å². The van der Waals surface area contributed by atoms with Crippen LogP contribution in [0, 0.1) is 0 Å². The molecule has 5 heteroatoms. The van der Waals surface area contributed by atoms with E-state index in [0.717, 1.165) is 23.0 Å². The molecular formula is C14H17NO3S. The zero-order valence-electron chi connectivity index (χ0n) is 10.8. The van der Waals surface area contributed by atoms with Crippen LogP contribution in [0.25, 0.3) is 6.08 Å². The predicted octanol–water partition coefficient (Wildman–Crippen LogP) is 2.15. The number of carboxylic acid groups (broad SMARTS) is 1. The molecule has 0 fully saturated rings. The number of nitrogens with one attached hydrogen (secondary N) is 1. The zero-order valence-corrected chi connectivity index (χ0v) is 11.6. The van der Waals surface area contributed by atoms with Crippen LogP contribution in [-0.4, -0.2) is 29.0 Å². The van der Waals surface area contributed by atoms with Gasteiger partial charge in [-0.3, -0.25) is 4.79 Å². The van der Waals surface area contributed by atoms with Gasteiger partial charge in [-0.15, -0.1) is 0 Å². The fourth-order valence-corrected chi connectivity index (χ4v) is 1.79. The smallest absolute Gasteiger partial charge is 0.328 e. The SMILES string of the molecule is CSCCC(=O)NCc1ccc(C=CC(=O)O)cc1. The number of hydrogen-bond acceptors (Lipinski definition) is 3. The number of amides is 1. The van der Waals surface area contributed by atoms with E-state index in [9.17, 15) is 9.59 Å². The molecule has 0 bridgehead atoms. The van der Waals surface area contributed by atoms with E-state index in [1.807, 2.05) is 30.5 Å². The summed E-state index contributed by atoms with van der Waals surface area (Å²) in [6.45, 7) is 0.496. The van der Waals surface area contributed by atoms with Crippen molar-refractivity contribution in [2.45, 2.75) is 13.0 Å². The summed E-state index contributed by atoms with van der Waals surface area (Å²) in [5, 5.41) is 11.3. The van der Waals surface area contributed by atoms with Crippen molar-refractivity contribution in [2.24, 2.45) is 0 Å². The minimum Gasteiger partial charge on any atom is -0.478 e. The molecule has 0 aromatic heterocycles. The Balaban J connectivity index is 2.44. The third-order valence-corrected chi connectivity index (χ3v) is 3.03. The van der Waals surface area contributed by atoms with Crippen LogP contribution in [0.1, 0.15) is 17.5 Å². The van der Waals surface area contributed by atoms with Crippen molar-refractivity contribution in [3.63, 3.8) is 0 Å². The fraction of sp³-hybridized carbons (Fsp3) is 0.286. The number of aliphatic carboxylic acids is 1. The van der Waals surface area contributed by atoms with E-state index in [-0.39, 0.29) is 5.91 Å². The summed E-state index contributed by atoms with van der Waals surface area (Å²) in [4.78, 5) is 21.8. The van der Waals surface area contributed by atoms with Gasteiger partial charge in [-0.2, -0.15) is 11.8 Å². The molecule has 1 amide bonds. The molecule has 0 radical (unpaired) electrons. The van der Waals surface area contributed by atoms with Gasteiger partial charge in [-0.1, -0.05) is 24.3 Å². The molecule has 19 heavy (non-hydrogen) atoms. The highest BCUT2D eigenvalue weighted by Gasteiger charge is 2.00. The molecule has 1 aromatic rings. The van der Waals surface area contributed by atoms with Gasteiger partial charge in [0, 0.05) is 24.8 Å². The molecule has 0 aliphatic carbocycles. The van der Waals surface area contributed by atoms with Crippen LogP contribution < -0.4 is 5.32 Å². The Bertz CT molecular complexity index is 454. The molecule has 2 N–H and O–H groups in total. The number of hydrogen-bond donors (Lipinski definition) is 2. The molecule has 1 rings (SSSR count). The summed E-state index contributed by atoms with van der Waals surface area (Å²) < 4.78 is 0. The van der Waals surface area contributed by atoms with Gasteiger partial charge >= 0.3 is 5.97 Å². The Kier molecular flexibility index (Phi) is 6.74. The summed E-state index contributed by atoms with van der Waals surface area (Å²) in [6, 6.07) is 7.39. The molecule has 0 saturated heterocycles. The molecule has 0 atom stereocenters. The van der Waals surface area contributed by atoms with Crippen molar-refractivity contribution in [1.29, 1.82) is 0 Å². The number of carboxylic acids is 1. The first-order valence-corrected chi connectivity index (χ1v) is 7.27. The van der Waals surface area contributed by atoms with Crippen molar-refractivity contribution in [3.8, 4) is 0 Å². The standard InChI is InChI=1S/C14H17NO3S/c1-19-9-8-13(16)15-10-12-4-2-11(3-5-12)6-7-14(17)18/h2-7H,8-10H2,1H3,(H,15,16)(H,17,18). The van der Waals surface area contributed by atoms with Crippen LogP contribution in [0.4, 0.5) is 0 Å². The van der Waals surface area contributed by atoms with E-state index in [1.54, 1.807) is 11.8 Å². The van der Waals surface area contributed by atoms with E-state index < -0.39 is 5.97 Å². The molecule has 0 aliphatic heterocycles. The van der Waals surface area contributed by atoms with Gasteiger partial charge in [0.2, 0.25) is 5.91 Å².